The van der Waals surface area contributed by atoms with Gasteiger partial charge in [-0.3, -0.25) is 19.5 Å². The third-order valence-electron chi connectivity index (χ3n) is 5.40. The van der Waals surface area contributed by atoms with Crippen LogP contribution in [-0.4, -0.2) is 40.0 Å². The highest BCUT2D eigenvalue weighted by Gasteiger charge is 2.33. The molecule has 2 heterocycles. The maximum Gasteiger partial charge on any atom is 0.325 e. The van der Waals surface area contributed by atoms with E-state index >= 15 is 0 Å². The molecule has 2 aromatic rings. The number of carboxylic acid groups (broad SMARTS) is 1. The summed E-state index contributed by atoms with van der Waals surface area (Å²) in [6.07, 6.45) is 3.02. The van der Waals surface area contributed by atoms with Crippen molar-refractivity contribution < 1.29 is 14.7 Å². The first-order valence-corrected chi connectivity index (χ1v) is 9.67. The zero-order chi connectivity index (χ0) is 20.1. The number of nitrogens with zero attached hydrogens (tertiary/aromatic N) is 2. The first-order chi connectivity index (χ1) is 13.5. The van der Waals surface area contributed by atoms with Crippen LogP contribution in [0.5, 0.6) is 0 Å². The summed E-state index contributed by atoms with van der Waals surface area (Å²) < 4.78 is 0. The minimum absolute atomic E-state index is 0.0175. The number of aliphatic carboxylic acids is 1. The van der Waals surface area contributed by atoms with Gasteiger partial charge in [0, 0.05) is 25.2 Å². The molecule has 3 rings (SSSR count). The maximum absolute atomic E-state index is 12.5. The van der Waals surface area contributed by atoms with Gasteiger partial charge >= 0.3 is 5.97 Å². The standard InChI is InChI=1S/C22H27N3O3/c1-15-6-7-16(2)19(13-15)20(22(27)28)25-11-8-17(9-12-25)21(26)24-14-18-5-3-4-10-23-18/h3-7,10,13,17,20H,8-9,11-12,14H2,1-2H3,(H,24,26)(H,27,28). The van der Waals surface area contributed by atoms with Crippen molar-refractivity contribution in [2.24, 2.45) is 5.92 Å². The van der Waals surface area contributed by atoms with E-state index in [-0.39, 0.29) is 11.8 Å². The first kappa shape index (κ1) is 20.0. The summed E-state index contributed by atoms with van der Waals surface area (Å²) in [5.74, 6) is -0.913. The van der Waals surface area contributed by atoms with E-state index in [1.807, 2.05) is 55.1 Å². The van der Waals surface area contributed by atoms with Crippen LogP contribution in [0.25, 0.3) is 0 Å². The van der Waals surface area contributed by atoms with Crippen molar-refractivity contribution in [3.8, 4) is 0 Å². The zero-order valence-corrected chi connectivity index (χ0v) is 16.4. The molecule has 1 saturated heterocycles. The highest BCUT2D eigenvalue weighted by atomic mass is 16.4. The molecule has 6 heteroatoms. The van der Waals surface area contributed by atoms with Gasteiger partial charge < -0.3 is 10.4 Å². The van der Waals surface area contributed by atoms with E-state index in [1.165, 1.54) is 0 Å². The number of carboxylic acids is 1. The van der Waals surface area contributed by atoms with Gasteiger partial charge in [0.25, 0.3) is 0 Å². The average molecular weight is 381 g/mol. The predicted molar refractivity (Wildman–Crippen MR) is 107 cm³/mol. The van der Waals surface area contributed by atoms with Gasteiger partial charge in [0.05, 0.1) is 12.2 Å². The van der Waals surface area contributed by atoms with E-state index in [0.717, 1.165) is 22.4 Å². The summed E-state index contributed by atoms with van der Waals surface area (Å²) in [4.78, 5) is 30.7. The number of aryl methyl sites for hydroxylation is 2. The van der Waals surface area contributed by atoms with Gasteiger partial charge in [0.15, 0.2) is 0 Å². The molecule has 0 saturated carbocycles. The van der Waals surface area contributed by atoms with Crippen molar-refractivity contribution in [2.75, 3.05) is 13.1 Å². The lowest BCUT2D eigenvalue weighted by Crippen LogP contribution is -2.44. The van der Waals surface area contributed by atoms with E-state index < -0.39 is 12.0 Å². The fraction of sp³-hybridized carbons (Fsp3) is 0.409. The van der Waals surface area contributed by atoms with E-state index in [9.17, 15) is 14.7 Å². The molecule has 1 aliphatic rings. The molecule has 1 aromatic heterocycles. The third kappa shape index (κ3) is 4.75. The monoisotopic (exact) mass is 381 g/mol. The summed E-state index contributed by atoms with van der Waals surface area (Å²) in [5.41, 5.74) is 3.70. The molecule has 0 aliphatic carbocycles. The summed E-state index contributed by atoms with van der Waals surface area (Å²) >= 11 is 0. The Bertz CT molecular complexity index is 830. The van der Waals surface area contributed by atoms with Crippen LogP contribution in [0.2, 0.25) is 0 Å². The molecule has 1 aromatic carbocycles. The Balaban J connectivity index is 1.60. The largest absolute Gasteiger partial charge is 0.480 e. The van der Waals surface area contributed by atoms with Gasteiger partial charge in [-0.15, -0.1) is 0 Å². The van der Waals surface area contributed by atoms with Crippen LogP contribution in [0, 0.1) is 19.8 Å². The lowest BCUT2D eigenvalue weighted by molar-refractivity contribution is -0.144. The first-order valence-electron chi connectivity index (χ1n) is 9.67. The van der Waals surface area contributed by atoms with E-state index in [2.05, 4.69) is 10.3 Å². The van der Waals surface area contributed by atoms with Gasteiger partial charge in [0.1, 0.15) is 6.04 Å². The molecule has 1 fully saturated rings. The van der Waals surface area contributed by atoms with Crippen LogP contribution < -0.4 is 5.32 Å². The van der Waals surface area contributed by atoms with Crippen molar-refractivity contribution >= 4 is 11.9 Å². The Morgan fingerprint density at radius 1 is 1.21 bits per heavy atom. The Labute approximate surface area is 165 Å². The molecule has 0 bridgehead atoms. The second-order valence-electron chi connectivity index (χ2n) is 7.45. The number of amides is 1. The van der Waals surface area contributed by atoms with Crippen molar-refractivity contribution in [2.45, 2.75) is 39.3 Å². The van der Waals surface area contributed by atoms with Crippen molar-refractivity contribution in [3.63, 3.8) is 0 Å². The minimum Gasteiger partial charge on any atom is -0.480 e. The number of pyridine rings is 1. The van der Waals surface area contributed by atoms with E-state index in [1.54, 1.807) is 6.20 Å². The molecule has 0 spiro atoms. The van der Waals surface area contributed by atoms with Crippen LogP contribution in [0.15, 0.2) is 42.6 Å². The van der Waals surface area contributed by atoms with Gasteiger partial charge in [-0.1, -0.05) is 29.8 Å². The molecule has 148 valence electrons. The molecule has 0 radical (unpaired) electrons. The van der Waals surface area contributed by atoms with Crippen LogP contribution in [0.1, 0.15) is 41.3 Å². The Morgan fingerprint density at radius 2 is 1.96 bits per heavy atom. The number of rotatable bonds is 6. The maximum atomic E-state index is 12.5. The summed E-state index contributed by atoms with van der Waals surface area (Å²) in [6, 6.07) is 10.9. The molecule has 1 aliphatic heterocycles. The molecular formula is C22H27N3O3. The molecule has 28 heavy (non-hydrogen) atoms. The summed E-state index contributed by atoms with van der Waals surface area (Å²) in [7, 11) is 0. The average Bonchev–Trinajstić information content (AvgIpc) is 2.70. The van der Waals surface area contributed by atoms with Crippen LogP contribution in [0.3, 0.4) is 0 Å². The molecular weight excluding hydrogens is 354 g/mol. The van der Waals surface area contributed by atoms with Crippen molar-refractivity contribution in [3.05, 3.63) is 65.0 Å². The Kier molecular flexibility index (Phi) is 6.41. The fourth-order valence-corrected chi connectivity index (χ4v) is 3.78. The highest BCUT2D eigenvalue weighted by molar-refractivity contribution is 5.79. The zero-order valence-electron chi connectivity index (χ0n) is 16.4. The summed E-state index contributed by atoms with van der Waals surface area (Å²) in [6.45, 7) is 5.51. The lowest BCUT2D eigenvalue weighted by Gasteiger charge is -2.36. The smallest absolute Gasteiger partial charge is 0.325 e. The van der Waals surface area contributed by atoms with Gasteiger partial charge in [0.2, 0.25) is 5.91 Å². The fourth-order valence-electron chi connectivity index (χ4n) is 3.78. The number of hydrogen-bond donors (Lipinski definition) is 2. The second-order valence-corrected chi connectivity index (χ2v) is 7.45. The molecule has 2 N–H and O–H groups in total. The number of aromatic nitrogens is 1. The SMILES string of the molecule is Cc1ccc(C)c(C(C(=O)O)N2CCC(C(=O)NCc3ccccn3)CC2)c1. The molecule has 1 unspecified atom stereocenters. The molecule has 6 nitrogen and oxygen atoms in total. The second kappa shape index (κ2) is 8.97. The quantitative estimate of drug-likeness (QED) is 0.804. The number of piperidine rings is 1. The van der Waals surface area contributed by atoms with Gasteiger partial charge in [-0.05, 0) is 49.9 Å². The number of nitrogens with one attached hydrogen (secondary N) is 1. The van der Waals surface area contributed by atoms with Crippen LogP contribution in [0.4, 0.5) is 0 Å². The van der Waals surface area contributed by atoms with Crippen LogP contribution in [-0.2, 0) is 16.1 Å². The topological polar surface area (TPSA) is 82.5 Å². The third-order valence-corrected chi connectivity index (χ3v) is 5.40. The highest BCUT2D eigenvalue weighted by Crippen LogP contribution is 2.30. The predicted octanol–water partition coefficient (Wildman–Crippen LogP) is 2.85. The number of carbonyl (C=O) groups excluding carboxylic acids is 1. The molecule has 1 amide bonds. The number of carbonyl (C=O) groups is 2. The number of benzene rings is 1. The lowest BCUT2D eigenvalue weighted by atomic mass is 9.91. The summed E-state index contributed by atoms with van der Waals surface area (Å²) in [5, 5.41) is 12.8. The minimum atomic E-state index is -0.841. The van der Waals surface area contributed by atoms with E-state index in [4.69, 9.17) is 0 Å². The van der Waals surface area contributed by atoms with Crippen molar-refractivity contribution in [1.29, 1.82) is 0 Å². The van der Waals surface area contributed by atoms with E-state index in [0.29, 0.717) is 32.5 Å². The van der Waals surface area contributed by atoms with Crippen molar-refractivity contribution in [1.82, 2.24) is 15.2 Å². The van der Waals surface area contributed by atoms with Gasteiger partial charge in [-0.25, -0.2) is 0 Å². The Morgan fingerprint density at radius 3 is 2.61 bits per heavy atom. The molecule has 1 atom stereocenters. The normalized spacial score (nSPS) is 16.5. The number of likely N-dealkylation sites (tertiary alicyclic amines) is 1. The van der Waals surface area contributed by atoms with Crippen LogP contribution >= 0.6 is 0 Å². The number of hydrogen-bond acceptors (Lipinski definition) is 4. The Hall–Kier alpha value is -2.73. The van der Waals surface area contributed by atoms with Gasteiger partial charge in [-0.2, -0.15) is 0 Å².